The number of hydrogen-bond acceptors (Lipinski definition) is 7. The summed E-state index contributed by atoms with van der Waals surface area (Å²) >= 11 is 0. The highest BCUT2D eigenvalue weighted by Gasteiger charge is 2.21. The van der Waals surface area contributed by atoms with Gasteiger partial charge in [-0.05, 0) is 63.2 Å². The van der Waals surface area contributed by atoms with Crippen molar-refractivity contribution in [2.45, 2.75) is 26.9 Å². The molecule has 0 unspecified atom stereocenters. The average molecular weight is 499 g/mol. The number of nitrogens with one attached hydrogen (secondary N) is 2. The molecule has 0 saturated carbocycles. The highest BCUT2D eigenvalue weighted by atomic mass is 16.5. The van der Waals surface area contributed by atoms with E-state index < -0.39 is 0 Å². The molecule has 5 rings (SSSR count). The van der Waals surface area contributed by atoms with Gasteiger partial charge in [0.1, 0.15) is 11.5 Å². The molecule has 2 N–H and O–H groups in total. The highest BCUT2D eigenvalue weighted by Crippen LogP contribution is 2.40. The van der Waals surface area contributed by atoms with Crippen LogP contribution in [0, 0.1) is 6.92 Å². The molecule has 4 aromatic rings. The number of likely N-dealkylation sites (N-methyl/N-ethyl adjacent to an activating group) is 1. The first-order valence-electron chi connectivity index (χ1n) is 12.8. The Morgan fingerprint density at radius 2 is 1.84 bits per heavy atom. The van der Waals surface area contributed by atoms with E-state index in [1.165, 1.54) is 0 Å². The predicted molar refractivity (Wildman–Crippen MR) is 149 cm³/mol. The second kappa shape index (κ2) is 10.2. The number of carbonyl (C=O) groups is 1. The van der Waals surface area contributed by atoms with Crippen molar-refractivity contribution in [2.75, 3.05) is 50.5 Å². The van der Waals surface area contributed by atoms with E-state index in [0.717, 1.165) is 76.7 Å². The van der Waals surface area contributed by atoms with Crippen LogP contribution in [0.1, 0.15) is 29.8 Å². The van der Waals surface area contributed by atoms with Crippen LogP contribution in [0.5, 0.6) is 0 Å². The zero-order chi connectivity index (χ0) is 26.1. The summed E-state index contributed by atoms with van der Waals surface area (Å²) in [4.78, 5) is 30.2. The summed E-state index contributed by atoms with van der Waals surface area (Å²) in [6.45, 7) is 9.68. The minimum absolute atomic E-state index is 0.204. The maximum atomic E-state index is 12.7. The normalized spacial score (nSPS) is 14.4. The lowest BCUT2D eigenvalue weighted by Gasteiger charge is -2.33. The molecule has 0 bridgehead atoms. The standard InChI is InChI=1S/C29H34N6O2/c1-18(2)37-29(36)22-14-23-26(20-7-6-19(3)24(15-20)30-4)27(33-28(23)32-17-22)21-8-9-31-25(16-21)35-12-10-34(5)11-13-35/h6-9,14-18,30H,10-13H2,1-5H3,(H,32,33). The number of benzene rings is 1. The smallest absolute Gasteiger partial charge is 0.339 e. The van der Waals surface area contributed by atoms with Crippen molar-refractivity contribution in [3.63, 3.8) is 0 Å². The van der Waals surface area contributed by atoms with Crippen molar-refractivity contribution in [3.8, 4) is 22.4 Å². The van der Waals surface area contributed by atoms with Crippen molar-refractivity contribution in [1.29, 1.82) is 0 Å². The van der Waals surface area contributed by atoms with Crippen LogP contribution >= 0.6 is 0 Å². The number of anilines is 2. The maximum absolute atomic E-state index is 12.7. The van der Waals surface area contributed by atoms with Gasteiger partial charge in [-0.25, -0.2) is 14.8 Å². The third-order valence-corrected chi connectivity index (χ3v) is 6.89. The molecule has 8 nitrogen and oxygen atoms in total. The van der Waals surface area contributed by atoms with E-state index >= 15 is 0 Å². The molecule has 8 heteroatoms. The summed E-state index contributed by atoms with van der Waals surface area (Å²) in [7, 11) is 4.08. The molecule has 1 saturated heterocycles. The zero-order valence-electron chi connectivity index (χ0n) is 22.1. The van der Waals surface area contributed by atoms with Crippen molar-refractivity contribution < 1.29 is 9.53 Å². The average Bonchev–Trinajstić information content (AvgIpc) is 3.28. The first kappa shape index (κ1) is 24.8. The molecule has 37 heavy (non-hydrogen) atoms. The lowest BCUT2D eigenvalue weighted by atomic mass is 9.97. The molecule has 1 aromatic carbocycles. The predicted octanol–water partition coefficient (Wildman–Crippen LogP) is 4.96. The third kappa shape index (κ3) is 5.02. The SMILES string of the molecule is CNc1cc(-c2c(-c3ccnc(N4CCN(C)CC4)c3)[nH]c3ncc(C(=O)OC(C)C)cc23)ccc1C. The lowest BCUT2D eigenvalue weighted by Crippen LogP contribution is -2.44. The van der Waals surface area contributed by atoms with Crippen LogP contribution in [-0.4, -0.2) is 72.2 Å². The molecule has 3 aromatic heterocycles. The number of ether oxygens (including phenoxy) is 1. The topological polar surface area (TPSA) is 86.4 Å². The first-order valence-corrected chi connectivity index (χ1v) is 12.8. The number of H-pyrrole nitrogens is 1. The summed E-state index contributed by atoms with van der Waals surface area (Å²) in [5.41, 5.74) is 7.36. The number of pyridine rings is 2. The molecular formula is C29H34N6O2. The van der Waals surface area contributed by atoms with Crippen LogP contribution in [0.25, 0.3) is 33.4 Å². The molecule has 0 amide bonds. The molecule has 192 valence electrons. The number of aromatic nitrogens is 3. The van der Waals surface area contributed by atoms with Gasteiger partial charge in [0.25, 0.3) is 0 Å². The molecule has 1 fully saturated rings. The van der Waals surface area contributed by atoms with Crippen LogP contribution in [0.3, 0.4) is 0 Å². The molecule has 0 atom stereocenters. The molecule has 1 aliphatic rings. The summed E-state index contributed by atoms with van der Waals surface area (Å²) in [5.74, 6) is 0.586. The van der Waals surface area contributed by atoms with Gasteiger partial charge in [-0.1, -0.05) is 12.1 Å². The van der Waals surface area contributed by atoms with Crippen molar-refractivity contribution >= 4 is 28.5 Å². The van der Waals surface area contributed by atoms with Gasteiger partial charge in [-0.15, -0.1) is 0 Å². The van der Waals surface area contributed by atoms with Crippen LogP contribution in [0.4, 0.5) is 11.5 Å². The number of hydrogen-bond donors (Lipinski definition) is 2. The minimum Gasteiger partial charge on any atom is -0.459 e. The Morgan fingerprint density at radius 3 is 2.57 bits per heavy atom. The summed E-state index contributed by atoms with van der Waals surface area (Å²) in [6, 6.07) is 12.4. The fourth-order valence-electron chi connectivity index (χ4n) is 4.81. The Balaban J connectivity index is 1.67. The van der Waals surface area contributed by atoms with Crippen molar-refractivity contribution in [3.05, 3.63) is 59.9 Å². The highest BCUT2D eigenvalue weighted by molar-refractivity contribution is 6.05. The van der Waals surface area contributed by atoms with Gasteiger partial charge in [-0.2, -0.15) is 0 Å². The fourth-order valence-corrected chi connectivity index (χ4v) is 4.81. The summed E-state index contributed by atoms with van der Waals surface area (Å²) in [5, 5.41) is 4.16. The summed E-state index contributed by atoms with van der Waals surface area (Å²) in [6.07, 6.45) is 3.24. The van der Waals surface area contributed by atoms with Gasteiger partial charge < -0.3 is 24.8 Å². The largest absolute Gasteiger partial charge is 0.459 e. The summed E-state index contributed by atoms with van der Waals surface area (Å²) < 4.78 is 5.45. The first-order chi connectivity index (χ1) is 17.8. The number of rotatable bonds is 6. The molecule has 0 aliphatic carbocycles. The van der Waals surface area contributed by atoms with Gasteiger partial charge >= 0.3 is 5.97 Å². The fraction of sp³-hybridized carbons (Fsp3) is 0.345. The van der Waals surface area contributed by atoms with E-state index in [0.29, 0.717) is 5.56 Å². The van der Waals surface area contributed by atoms with E-state index in [-0.39, 0.29) is 12.1 Å². The van der Waals surface area contributed by atoms with Gasteiger partial charge in [0.15, 0.2) is 0 Å². The van der Waals surface area contributed by atoms with Gasteiger partial charge in [-0.3, -0.25) is 0 Å². The third-order valence-electron chi connectivity index (χ3n) is 6.89. The van der Waals surface area contributed by atoms with Crippen molar-refractivity contribution in [1.82, 2.24) is 19.9 Å². The Morgan fingerprint density at radius 1 is 1.05 bits per heavy atom. The van der Waals surface area contributed by atoms with Gasteiger partial charge in [0.2, 0.25) is 0 Å². The van der Waals surface area contributed by atoms with E-state index in [9.17, 15) is 4.79 Å². The van der Waals surface area contributed by atoms with E-state index in [4.69, 9.17) is 4.74 Å². The molecule has 1 aliphatic heterocycles. The van der Waals surface area contributed by atoms with Crippen LogP contribution in [0.15, 0.2) is 48.8 Å². The number of nitrogens with zero attached hydrogens (tertiary/aromatic N) is 4. The van der Waals surface area contributed by atoms with Crippen LogP contribution in [-0.2, 0) is 4.74 Å². The molecule has 0 spiro atoms. The second-order valence-corrected chi connectivity index (χ2v) is 9.92. The maximum Gasteiger partial charge on any atom is 0.339 e. The van der Waals surface area contributed by atoms with Gasteiger partial charge in [0.05, 0.1) is 17.4 Å². The number of aromatic amines is 1. The van der Waals surface area contributed by atoms with E-state index in [2.05, 4.69) is 68.3 Å². The number of esters is 1. The number of fused-ring (bicyclic) bond motifs is 1. The lowest BCUT2D eigenvalue weighted by molar-refractivity contribution is 0.0377. The Bertz CT molecular complexity index is 1440. The minimum atomic E-state index is -0.376. The molecular weight excluding hydrogens is 464 g/mol. The quantitative estimate of drug-likeness (QED) is 0.364. The Hall–Kier alpha value is -3.91. The van der Waals surface area contributed by atoms with E-state index in [1.54, 1.807) is 6.20 Å². The zero-order valence-corrected chi connectivity index (χ0v) is 22.1. The Labute approximate surface area is 217 Å². The van der Waals surface area contributed by atoms with Crippen LogP contribution < -0.4 is 10.2 Å². The van der Waals surface area contributed by atoms with E-state index in [1.807, 2.05) is 39.2 Å². The number of carbonyl (C=O) groups excluding carboxylic acids is 1. The number of piperazine rings is 1. The Kier molecular flexibility index (Phi) is 6.84. The van der Waals surface area contributed by atoms with Crippen molar-refractivity contribution in [2.24, 2.45) is 0 Å². The second-order valence-electron chi connectivity index (χ2n) is 9.92. The van der Waals surface area contributed by atoms with Crippen LogP contribution in [0.2, 0.25) is 0 Å². The molecule has 4 heterocycles. The monoisotopic (exact) mass is 498 g/mol. The number of aryl methyl sites for hydroxylation is 1. The molecule has 0 radical (unpaired) electrons. The van der Waals surface area contributed by atoms with Gasteiger partial charge in [0, 0.05) is 67.8 Å².